The van der Waals surface area contributed by atoms with E-state index >= 15 is 0 Å². The fourth-order valence-corrected chi connectivity index (χ4v) is 4.29. The van der Waals surface area contributed by atoms with Crippen molar-refractivity contribution >= 4 is 21.6 Å². The van der Waals surface area contributed by atoms with Crippen LogP contribution >= 0.6 is 0 Å². The maximum Gasteiger partial charge on any atom is 0.244 e. The number of aryl methyl sites for hydroxylation is 2. The van der Waals surface area contributed by atoms with Crippen LogP contribution < -0.4 is 15.5 Å². The molecular weight excluding hydrogens is 414 g/mol. The maximum absolute atomic E-state index is 12.5. The summed E-state index contributed by atoms with van der Waals surface area (Å²) in [5.41, 5.74) is 2.84. The van der Waals surface area contributed by atoms with Crippen LogP contribution in [0.5, 0.6) is 0 Å². The molecule has 0 radical (unpaired) electrons. The van der Waals surface area contributed by atoms with Crippen molar-refractivity contribution in [2.45, 2.75) is 31.7 Å². The van der Waals surface area contributed by atoms with Gasteiger partial charge in [-0.25, -0.2) is 13.1 Å². The molecule has 1 aromatic heterocycles. The van der Waals surface area contributed by atoms with E-state index in [1.54, 1.807) is 30.5 Å². The zero-order valence-corrected chi connectivity index (χ0v) is 18.3. The van der Waals surface area contributed by atoms with Gasteiger partial charge >= 0.3 is 0 Å². The second kappa shape index (κ2) is 9.72. The van der Waals surface area contributed by atoms with Crippen LogP contribution in [-0.2, 0) is 27.8 Å². The van der Waals surface area contributed by atoms with E-state index in [1.807, 2.05) is 30.3 Å². The number of hydrogen-bond acceptors (Lipinski definition) is 4. The van der Waals surface area contributed by atoms with Crippen LogP contribution in [0.1, 0.15) is 17.0 Å². The van der Waals surface area contributed by atoms with E-state index in [0.29, 0.717) is 30.0 Å². The van der Waals surface area contributed by atoms with E-state index in [2.05, 4.69) is 10.0 Å². The SMILES string of the molecule is Cc1cc(=O)cc(C)n1CC(=O)Nc1ccc(S(=O)(=O)NCCc2ccccc2)cc1. The number of aromatic nitrogens is 1. The van der Waals surface area contributed by atoms with E-state index < -0.39 is 10.0 Å². The fourth-order valence-electron chi connectivity index (χ4n) is 3.26. The van der Waals surface area contributed by atoms with Crippen LogP contribution in [0.2, 0.25) is 0 Å². The molecule has 0 aliphatic heterocycles. The average molecular weight is 440 g/mol. The highest BCUT2D eigenvalue weighted by molar-refractivity contribution is 7.89. The number of anilines is 1. The zero-order valence-electron chi connectivity index (χ0n) is 17.5. The number of rotatable bonds is 8. The van der Waals surface area contributed by atoms with E-state index in [9.17, 15) is 18.0 Å². The van der Waals surface area contributed by atoms with E-state index in [1.165, 1.54) is 24.3 Å². The Morgan fingerprint density at radius 2 is 1.55 bits per heavy atom. The molecule has 0 unspecified atom stereocenters. The highest BCUT2D eigenvalue weighted by Crippen LogP contribution is 2.14. The van der Waals surface area contributed by atoms with Crippen LogP contribution in [0.4, 0.5) is 5.69 Å². The summed E-state index contributed by atoms with van der Waals surface area (Å²) in [5, 5.41) is 2.75. The molecule has 0 bridgehead atoms. The molecule has 8 heteroatoms. The third-order valence-electron chi connectivity index (χ3n) is 4.85. The van der Waals surface area contributed by atoms with Crippen LogP contribution in [0, 0.1) is 13.8 Å². The second-order valence-electron chi connectivity index (χ2n) is 7.27. The predicted molar refractivity (Wildman–Crippen MR) is 121 cm³/mol. The van der Waals surface area contributed by atoms with Crippen molar-refractivity contribution in [3.63, 3.8) is 0 Å². The Labute approximate surface area is 181 Å². The van der Waals surface area contributed by atoms with Gasteiger partial charge in [-0.3, -0.25) is 9.59 Å². The number of benzene rings is 2. The van der Waals surface area contributed by atoms with E-state index in [4.69, 9.17) is 0 Å². The molecule has 31 heavy (non-hydrogen) atoms. The molecule has 0 spiro atoms. The topological polar surface area (TPSA) is 97.3 Å². The highest BCUT2D eigenvalue weighted by Gasteiger charge is 2.14. The lowest BCUT2D eigenvalue weighted by Gasteiger charge is -2.14. The summed E-state index contributed by atoms with van der Waals surface area (Å²) >= 11 is 0. The van der Waals surface area contributed by atoms with E-state index in [-0.39, 0.29) is 22.8 Å². The smallest absolute Gasteiger partial charge is 0.244 e. The predicted octanol–water partition coefficient (Wildman–Crippen LogP) is 2.62. The summed E-state index contributed by atoms with van der Waals surface area (Å²) < 4.78 is 29.3. The minimum absolute atomic E-state index is 0.0546. The van der Waals surface area contributed by atoms with Gasteiger partial charge < -0.3 is 9.88 Å². The Kier molecular flexibility index (Phi) is 7.04. The van der Waals surface area contributed by atoms with Crippen molar-refractivity contribution in [1.29, 1.82) is 0 Å². The van der Waals surface area contributed by atoms with Crippen LogP contribution in [0.15, 0.2) is 76.4 Å². The molecule has 0 aliphatic carbocycles. The molecule has 0 fully saturated rings. The van der Waals surface area contributed by atoms with Gasteiger partial charge in [-0.1, -0.05) is 30.3 Å². The van der Waals surface area contributed by atoms with Crippen molar-refractivity contribution in [2.24, 2.45) is 0 Å². The monoisotopic (exact) mass is 439 g/mol. The molecule has 162 valence electrons. The standard InChI is InChI=1S/C23H25N3O4S/c1-17-14-21(27)15-18(2)26(17)16-23(28)25-20-8-10-22(11-9-20)31(29,30)24-13-12-19-6-4-3-5-7-19/h3-11,14-15,24H,12-13,16H2,1-2H3,(H,25,28). The Balaban J connectivity index is 1.59. The minimum Gasteiger partial charge on any atom is -0.340 e. The Morgan fingerprint density at radius 1 is 0.935 bits per heavy atom. The summed E-state index contributed by atoms with van der Waals surface area (Å²) in [4.78, 5) is 24.0. The number of nitrogens with zero attached hydrogens (tertiary/aromatic N) is 1. The number of nitrogens with one attached hydrogen (secondary N) is 2. The summed E-state index contributed by atoms with van der Waals surface area (Å²) in [6.45, 7) is 3.89. The van der Waals surface area contributed by atoms with Gasteiger partial charge in [0.1, 0.15) is 6.54 Å². The normalized spacial score (nSPS) is 11.3. The number of amides is 1. The molecule has 1 amide bonds. The molecule has 1 heterocycles. The maximum atomic E-state index is 12.5. The first-order valence-corrected chi connectivity index (χ1v) is 11.3. The van der Waals surface area contributed by atoms with Crippen molar-refractivity contribution in [1.82, 2.24) is 9.29 Å². The minimum atomic E-state index is -3.64. The summed E-state index contributed by atoms with van der Waals surface area (Å²) in [6.07, 6.45) is 0.595. The molecule has 0 saturated carbocycles. The van der Waals surface area contributed by atoms with Gasteiger partial charge in [-0.05, 0) is 50.1 Å². The first-order valence-electron chi connectivity index (χ1n) is 9.86. The Morgan fingerprint density at radius 3 is 2.16 bits per heavy atom. The van der Waals surface area contributed by atoms with Gasteiger partial charge in [0.15, 0.2) is 5.43 Å². The van der Waals surface area contributed by atoms with Crippen LogP contribution in [-0.4, -0.2) is 25.4 Å². The Bertz CT molecular complexity index is 1190. The van der Waals surface area contributed by atoms with Crippen molar-refractivity contribution < 1.29 is 13.2 Å². The molecule has 0 saturated heterocycles. The molecular formula is C23H25N3O4S. The summed E-state index contributed by atoms with van der Waals surface area (Å²) in [5.74, 6) is -0.272. The molecule has 2 N–H and O–H groups in total. The molecule has 0 aliphatic rings. The lowest BCUT2D eigenvalue weighted by molar-refractivity contribution is -0.116. The quantitative estimate of drug-likeness (QED) is 0.564. The first kappa shape index (κ1) is 22.5. The van der Waals surface area contributed by atoms with Crippen LogP contribution in [0.3, 0.4) is 0 Å². The number of pyridine rings is 1. The Hall–Kier alpha value is -3.23. The third kappa shape index (κ3) is 6.13. The van der Waals surface area contributed by atoms with Gasteiger partial charge in [0.2, 0.25) is 15.9 Å². The molecule has 2 aromatic carbocycles. The molecule has 7 nitrogen and oxygen atoms in total. The second-order valence-corrected chi connectivity index (χ2v) is 9.03. The lowest BCUT2D eigenvalue weighted by atomic mass is 10.2. The third-order valence-corrected chi connectivity index (χ3v) is 6.33. The first-order chi connectivity index (χ1) is 14.7. The highest BCUT2D eigenvalue weighted by atomic mass is 32.2. The van der Waals surface area contributed by atoms with Gasteiger partial charge in [0.05, 0.1) is 4.90 Å². The van der Waals surface area contributed by atoms with Gasteiger partial charge in [0.25, 0.3) is 0 Å². The average Bonchev–Trinajstić information content (AvgIpc) is 2.72. The fraction of sp³-hybridized carbons (Fsp3) is 0.217. The van der Waals surface area contributed by atoms with Crippen LogP contribution in [0.25, 0.3) is 0 Å². The lowest BCUT2D eigenvalue weighted by Crippen LogP contribution is -2.26. The van der Waals surface area contributed by atoms with Crippen molar-refractivity contribution in [3.8, 4) is 0 Å². The zero-order chi connectivity index (χ0) is 22.4. The summed E-state index contributed by atoms with van der Waals surface area (Å²) in [6, 6.07) is 18.6. The molecule has 0 atom stereocenters. The molecule has 3 rings (SSSR count). The van der Waals surface area contributed by atoms with E-state index in [0.717, 1.165) is 5.56 Å². The number of sulfonamides is 1. The summed E-state index contributed by atoms with van der Waals surface area (Å²) in [7, 11) is -3.64. The van der Waals surface area contributed by atoms with Gasteiger partial charge in [0, 0.05) is 35.8 Å². The van der Waals surface area contributed by atoms with Gasteiger partial charge in [-0.2, -0.15) is 0 Å². The number of carbonyl (C=O) groups excluding carboxylic acids is 1. The van der Waals surface area contributed by atoms with Gasteiger partial charge in [-0.15, -0.1) is 0 Å². The number of hydrogen-bond donors (Lipinski definition) is 2. The molecule has 3 aromatic rings. The van der Waals surface area contributed by atoms with Crippen molar-refractivity contribution in [2.75, 3.05) is 11.9 Å². The number of carbonyl (C=O) groups is 1. The van der Waals surface area contributed by atoms with Crippen molar-refractivity contribution in [3.05, 3.63) is 93.9 Å². The largest absolute Gasteiger partial charge is 0.340 e.